The molecule has 0 spiro atoms. The molecule has 26 heavy (non-hydrogen) atoms. The van der Waals surface area contributed by atoms with Crippen molar-refractivity contribution >= 4 is 23.3 Å². The molecule has 136 valence electrons. The average Bonchev–Trinajstić information content (AvgIpc) is 2.70. The van der Waals surface area contributed by atoms with Gasteiger partial charge in [0.1, 0.15) is 5.82 Å². The Morgan fingerprint density at radius 2 is 1.88 bits per heavy atom. The molecule has 7 nitrogen and oxygen atoms in total. The minimum Gasteiger partial charge on any atom is -0.378 e. The predicted octanol–water partition coefficient (Wildman–Crippen LogP) is 1.46. The van der Waals surface area contributed by atoms with Crippen LogP contribution < -0.4 is 15.5 Å². The Morgan fingerprint density at radius 3 is 2.58 bits per heavy atom. The van der Waals surface area contributed by atoms with Crippen molar-refractivity contribution in [3.05, 3.63) is 53.7 Å². The largest absolute Gasteiger partial charge is 0.378 e. The summed E-state index contributed by atoms with van der Waals surface area (Å²) in [6.45, 7) is 2.69. The first-order valence-electron chi connectivity index (χ1n) is 8.56. The highest BCUT2D eigenvalue weighted by Crippen LogP contribution is 2.20. The number of amides is 2. The number of morpholine rings is 1. The van der Waals surface area contributed by atoms with Gasteiger partial charge in [-0.1, -0.05) is 12.1 Å². The van der Waals surface area contributed by atoms with E-state index in [1.165, 1.54) is 0 Å². The van der Waals surface area contributed by atoms with E-state index in [-0.39, 0.29) is 11.8 Å². The maximum atomic E-state index is 12.7. The van der Waals surface area contributed by atoms with E-state index in [9.17, 15) is 9.59 Å². The highest BCUT2D eigenvalue weighted by atomic mass is 16.5. The highest BCUT2D eigenvalue weighted by Gasteiger charge is 2.19. The number of likely N-dealkylation sites (N-methyl/N-ethyl adjacent to an activating group) is 1. The summed E-state index contributed by atoms with van der Waals surface area (Å²) >= 11 is 0. The molecule has 1 aromatic carbocycles. The molecule has 1 aliphatic heterocycles. The molecule has 1 aliphatic rings. The Morgan fingerprint density at radius 1 is 1.15 bits per heavy atom. The summed E-state index contributed by atoms with van der Waals surface area (Å²) < 4.78 is 5.37. The van der Waals surface area contributed by atoms with Crippen LogP contribution in [0.25, 0.3) is 0 Å². The van der Waals surface area contributed by atoms with Gasteiger partial charge in [-0.25, -0.2) is 4.98 Å². The van der Waals surface area contributed by atoms with Crippen LogP contribution in [-0.4, -0.2) is 50.1 Å². The molecule has 1 fully saturated rings. The van der Waals surface area contributed by atoms with Crippen molar-refractivity contribution in [3.8, 4) is 0 Å². The number of hydrogen-bond donors (Lipinski definition) is 2. The second kappa shape index (κ2) is 8.44. The number of rotatable bonds is 5. The lowest BCUT2D eigenvalue weighted by Crippen LogP contribution is -2.38. The molecular formula is C19H22N4O3. The number of pyridine rings is 1. The van der Waals surface area contributed by atoms with E-state index < -0.39 is 0 Å². The molecule has 0 unspecified atom stereocenters. The lowest BCUT2D eigenvalue weighted by molar-refractivity contribution is -0.119. The molecule has 2 heterocycles. The number of benzene rings is 1. The summed E-state index contributed by atoms with van der Waals surface area (Å²) in [7, 11) is 1.61. The first-order valence-corrected chi connectivity index (χ1v) is 8.56. The van der Waals surface area contributed by atoms with E-state index in [2.05, 4.69) is 20.5 Å². The summed E-state index contributed by atoms with van der Waals surface area (Å²) in [5.74, 6) is 0.412. The van der Waals surface area contributed by atoms with Gasteiger partial charge in [0.25, 0.3) is 5.91 Å². The zero-order valence-corrected chi connectivity index (χ0v) is 14.7. The Hall–Kier alpha value is -2.93. The van der Waals surface area contributed by atoms with Crippen LogP contribution in [0.4, 0.5) is 11.5 Å². The predicted molar refractivity (Wildman–Crippen MR) is 99.4 cm³/mol. The van der Waals surface area contributed by atoms with Crippen LogP contribution in [-0.2, 0) is 16.0 Å². The third-order valence-electron chi connectivity index (χ3n) is 4.20. The first kappa shape index (κ1) is 17.9. The van der Waals surface area contributed by atoms with Crippen molar-refractivity contribution in [1.29, 1.82) is 0 Å². The van der Waals surface area contributed by atoms with Crippen LogP contribution >= 0.6 is 0 Å². The molecule has 1 aromatic heterocycles. The number of anilines is 2. The number of aromatic nitrogens is 1. The molecule has 2 aromatic rings. The number of carbonyl (C=O) groups excluding carboxylic acids is 2. The van der Waals surface area contributed by atoms with Gasteiger partial charge in [0.15, 0.2) is 0 Å². The van der Waals surface area contributed by atoms with E-state index >= 15 is 0 Å². The molecule has 0 bridgehead atoms. The van der Waals surface area contributed by atoms with E-state index in [1.54, 1.807) is 37.5 Å². The van der Waals surface area contributed by atoms with Gasteiger partial charge in [0.05, 0.1) is 25.2 Å². The Kier molecular flexibility index (Phi) is 5.80. The van der Waals surface area contributed by atoms with E-state index in [4.69, 9.17) is 4.74 Å². The van der Waals surface area contributed by atoms with Crippen molar-refractivity contribution in [2.24, 2.45) is 0 Å². The second-order valence-electron chi connectivity index (χ2n) is 5.97. The van der Waals surface area contributed by atoms with Gasteiger partial charge in [-0.3, -0.25) is 9.59 Å². The number of nitrogens with zero attached hydrogens (tertiary/aromatic N) is 2. The van der Waals surface area contributed by atoms with Crippen LogP contribution in [0.5, 0.6) is 0 Å². The SMILES string of the molecule is CNC(=O)Cc1ccc(NC(=O)c2cccnc2N2CCOCC2)cc1. The van der Waals surface area contributed by atoms with E-state index in [0.717, 1.165) is 5.56 Å². The maximum Gasteiger partial charge on any atom is 0.259 e. The van der Waals surface area contributed by atoms with Crippen LogP contribution in [0.3, 0.4) is 0 Å². The minimum atomic E-state index is -0.210. The fraction of sp³-hybridized carbons (Fsp3) is 0.316. The molecule has 2 N–H and O–H groups in total. The number of hydrogen-bond acceptors (Lipinski definition) is 5. The van der Waals surface area contributed by atoms with Crippen LogP contribution in [0, 0.1) is 0 Å². The lowest BCUT2D eigenvalue weighted by atomic mass is 10.1. The van der Waals surface area contributed by atoms with Crippen LogP contribution in [0.15, 0.2) is 42.6 Å². The molecule has 0 radical (unpaired) electrons. The molecule has 7 heteroatoms. The monoisotopic (exact) mass is 354 g/mol. The molecule has 0 aliphatic carbocycles. The number of carbonyl (C=O) groups is 2. The van der Waals surface area contributed by atoms with E-state index in [1.807, 2.05) is 12.1 Å². The van der Waals surface area contributed by atoms with Crippen molar-refractivity contribution < 1.29 is 14.3 Å². The Balaban J connectivity index is 1.71. The second-order valence-corrected chi connectivity index (χ2v) is 5.97. The lowest BCUT2D eigenvalue weighted by Gasteiger charge is -2.29. The first-order chi connectivity index (χ1) is 12.7. The summed E-state index contributed by atoms with van der Waals surface area (Å²) in [5.41, 5.74) is 2.09. The molecule has 0 saturated carbocycles. The Labute approximate surface area is 152 Å². The van der Waals surface area contributed by atoms with Crippen molar-refractivity contribution in [2.75, 3.05) is 43.6 Å². The van der Waals surface area contributed by atoms with Crippen LogP contribution in [0.2, 0.25) is 0 Å². The molecule has 3 rings (SSSR count). The van der Waals surface area contributed by atoms with Gasteiger partial charge in [0.2, 0.25) is 5.91 Å². The summed E-state index contributed by atoms with van der Waals surface area (Å²) in [6, 6.07) is 10.8. The molecule has 0 atom stereocenters. The third-order valence-corrected chi connectivity index (χ3v) is 4.20. The van der Waals surface area contributed by atoms with Gasteiger partial charge in [0, 0.05) is 32.0 Å². The summed E-state index contributed by atoms with van der Waals surface area (Å²) in [5, 5.41) is 5.48. The fourth-order valence-corrected chi connectivity index (χ4v) is 2.78. The number of ether oxygens (including phenoxy) is 1. The normalized spacial score (nSPS) is 14.0. The molecular weight excluding hydrogens is 332 g/mol. The summed E-state index contributed by atoms with van der Waals surface area (Å²) in [4.78, 5) is 30.6. The quantitative estimate of drug-likeness (QED) is 0.849. The summed E-state index contributed by atoms with van der Waals surface area (Å²) in [6.07, 6.45) is 2.00. The van der Waals surface area contributed by atoms with Crippen molar-refractivity contribution in [1.82, 2.24) is 10.3 Å². The zero-order valence-electron chi connectivity index (χ0n) is 14.7. The zero-order chi connectivity index (χ0) is 18.4. The maximum absolute atomic E-state index is 12.7. The van der Waals surface area contributed by atoms with Crippen molar-refractivity contribution in [2.45, 2.75) is 6.42 Å². The van der Waals surface area contributed by atoms with Gasteiger partial charge in [-0.05, 0) is 29.8 Å². The van der Waals surface area contributed by atoms with Crippen molar-refractivity contribution in [3.63, 3.8) is 0 Å². The molecule has 2 amide bonds. The van der Waals surface area contributed by atoms with Crippen LogP contribution in [0.1, 0.15) is 15.9 Å². The average molecular weight is 354 g/mol. The molecule has 1 saturated heterocycles. The van der Waals surface area contributed by atoms with Gasteiger partial charge < -0.3 is 20.3 Å². The minimum absolute atomic E-state index is 0.0488. The van der Waals surface area contributed by atoms with Gasteiger partial charge in [-0.15, -0.1) is 0 Å². The fourth-order valence-electron chi connectivity index (χ4n) is 2.78. The topological polar surface area (TPSA) is 83.6 Å². The third kappa shape index (κ3) is 4.37. The smallest absolute Gasteiger partial charge is 0.259 e. The van der Waals surface area contributed by atoms with Gasteiger partial charge >= 0.3 is 0 Å². The highest BCUT2D eigenvalue weighted by molar-refractivity contribution is 6.07. The standard InChI is InChI=1S/C19H22N4O3/c1-20-17(24)13-14-4-6-15(7-5-14)22-19(25)16-3-2-8-21-18(16)23-9-11-26-12-10-23/h2-8H,9-13H2,1H3,(H,20,24)(H,22,25). The van der Waals surface area contributed by atoms with Gasteiger partial charge in [-0.2, -0.15) is 0 Å². The Bertz CT molecular complexity index is 771. The van der Waals surface area contributed by atoms with E-state index in [0.29, 0.717) is 49.8 Å². The number of nitrogens with one attached hydrogen (secondary N) is 2.